The molecule has 0 radical (unpaired) electrons. The number of thiophene rings is 2. The average molecular weight is 732 g/mol. The summed E-state index contributed by atoms with van der Waals surface area (Å²) in [4.78, 5) is 32.8. The van der Waals surface area contributed by atoms with Crippen molar-refractivity contribution in [3.05, 3.63) is 124 Å². The van der Waals surface area contributed by atoms with E-state index in [4.69, 9.17) is 32.5 Å². The van der Waals surface area contributed by atoms with Crippen LogP contribution in [0, 0.1) is 0 Å². The molecule has 0 atom stereocenters. The van der Waals surface area contributed by atoms with Crippen LogP contribution in [0.1, 0.15) is 31.8 Å². The molecule has 0 aliphatic carbocycles. The van der Waals surface area contributed by atoms with Gasteiger partial charge < -0.3 is 20.9 Å². The molecule has 7 aromatic rings. The van der Waals surface area contributed by atoms with Gasteiger partial charge in [-0.25, -0.2) is 4.98 Å². The number of anilines is 1. The number of benzene rings is 3. The summed E-state index contributed by atoms with van der Waals surface area (Å²) < 4.78 is 13.7. The Bertz CT molecular complexity index is 2480. The predicted molar refractivity (Wildman–Crippen MR) is 202 cm³/mol. The number of nitrogen functional groups attached to an aromatic ring is 1. The molecular weight excluding hydrogens is 706 g/mol. The van der Waals surface area contributed by atoms with E-state index in [1.54, 1.807) is 66.2 Å². The van der Waals surface area contributed by atoms with E-state index < -0.39 is 5.91 Å². The van der Waals surface area contributed by atoms with E-state index in [2.05, 4.69) is 25.4 Å². The third kappa shape index (κ3) is 7.45. The van der Waals surface area contributed by atoms with E-state index in [1.807, 2.05) is 48.7 Å². The van der Waals surface area contributed by atoms with Gasteiger partial charge in [-0.15, -0.1) is 27.8 Å². The van der Waals surface area contributed by atoms with Crippen LogP contribution >= 0.6 is 34.3 Å². The van der Waals surface area contributed by atoms with Gasteiger partial charge in [-0.3, -0.25) is 14.6 Å². The van der Waals surface area contributed by atoms with Gasteiger partial charge in [0.25, 0.3) is 0 Å². The molecule has 0 saturated heterocycles. The zero-order chi connectivity index (χ0) is 35.5. The number of nitrogens with zero attached hydrogens (tertiary/aromatic N) is 5. The van der Waals surface area contributed by atoms with Crippen LogP contribution in [0.3, 0.4) is 0 Å². The van der Waals surface area contributed by atoms with Crippen molar-refractivity contribution in [1.29, 1.82) is 0 Å². The fourth-order valence-electron chi connectivity index (χ4n) is 5.08. The lowest BCUT2D eigenvalue weighted by Crippen LogP contribution is -2.10. The second-order valence-corrected chi connectivity index (χ2v) is 13.7. The van der Waals surface area contributed by atoms with E-state index in [0.29, 0.717) is 50.8 Å². The first kappa shape index (κ1) is 33.5. The third-order valence-electron chi connectivity index (χ3n) is 7.67. The highest BCUT2D eigenvalue weighted by Crippen LogP contribution is 2.38. The fraction of sp³-hybridized carbons (Fsp3) is 0.0541. The Labute approximate surface area is 303 Å². The number of amides is 1. The molecule has 14 heteroatoms. The molecule has 0 unspecified atom stereocenters. The number of halogens is 1. The number of carbonyl (C=O) groups excluding carboxylic acids is 2. The number of primary amides is 1. The Hall–Kier alpha value is -6.02. The summed E-state index contributed by atoms with van der Waals surface area (Å²) in [5.74, 6) is 2.54. The molecule has 51 heavy (non-hydrogen) atoms. The van der Waals surface area contributed by atoms with Crippen LogP contribution in [0.4, 0.5) is 5.82 Å². The lowest BCUT2D eigenvalue weighted by molar-refractivity contribution is 0.0997. The summed E-state index contributed by atoms with van der Waals surface area (Å²) >= 11 is 8.77. The number of pyridine rings is 2. The van der Waals surface area contributed by atoms with E-state index >= 15 is 0 Å². The number of fused-ring (bicyclic) bond motifs is 2. The summed E-state index contributed by atoms with van der Waals surface area (Å²) in [5, 5.41) is 14.1. The van der Waals surface area contributed by atoms with Crippen molar-refractivity contribution in [2.45, 2.75) is 6.92 Å². The molecule has 4 N–H and O–H groups in total. The number of ether oxygens (including phenoxy) is 2. The number of hydrogen-bond acceptors (Lipinski definition) is 12. The molecule has 0 bridgehead atoms. The number of nitrogens with two attached hydrogens (primary N) is 2. The van der Waals surface area contributed by atoms with E-state index in [9.17, 15) is 9.59 Å². The van der Waals surface area contributed by atoms with Crippen molar-refractivity contribution in [3.63, 3.8) is 0 Å². The second-order valence-electron chi connectivity index (χ2n) is 11.1. The summed E-state index contributed by atoms with van der Waals surface area (Å²) in [7, 11) is 0. The van der Waals surface area contributed by atoms with Crippen LogP contribution in [-0.2, 0) is 0 Å². The molecule has 252 valence electrons. The first-order valence-corrected chi connectivity index (χ1v) is 17.3. The van der Waals surface area contributed by atoms with E-state index in [1.165, 1.54) is 18.3 Å². The average Bonchev–Trinajstić information content (AvgIpc) is 3.92. The lowest BCUT2D eigenvalue weighted by atomic mass is 10.0. The zero-order valence-corrected chi connectivity index (χ0v) is 29.1. The zero-order valence-electron chi connectivity index (χ0n) is 26.7. The SMILES string of the molecule is CC(=O)c1cc2c(Oc3ccc(Cl)cc3)cnc(N)c2s1.NC(=O)c1ccc(-c2ccc(Oc3cncc4sc(C5=NN=NC5)cc34)cc2)cc1. The normalized spacial score (nSPS) is 12.0. The number of rotatable bonds is 8. The highest BCUT2D eigenvalue weighted by Gasteiger charge is 2.16. The van der Waals surface area contributed by atoms with Gasteiger partial charge >= 0.3 is 0 Å². The number of Topliss-reactive ketones (excluding diaryl/α,β-unsaturated/α-hetero) is 1. The molecule has 3 aromatic carbocycles. The quantitative estimate of drug-likeness (QED) is 0.147. The molecule has 5 heterocycles. The van der Waals surface area contributed by atoms with Crippen molar-refractivity contribution in [1.82, 2.24) is 9.97 Å². The topological polar surface area (TPSA) is 168 Å². The standard InChI is InChI=1S/C22H15N5O2S.C15H11ClN2O2S/c23-22(28)15-3-1-13(2-4-15)14-5-7-16(8-6-14)29-19-11-24-12-21-17(19)9-20(30-21)18-10-25-27-26-18;1-8(19)13-6-11-12(7-18-15(17)14(11)21-13)20-10-4-2-9(16)3-5-10/h1-9,11-12H,10H2,(H2,23,28);2-7H,1H3,(H2,17,18). The van der Waals surface area contributed by atoms with Crippen LogP contribution in [0.25, 0.3) is 31.3 Å². The Morgan fingerprint density at radius 1 is 0.804 bits per heavy atom. The molecule has 11 nitrogen and oxygen atoms in total. The van der Waals surface area contributed by atoms with Crippen molar-refractivity contribution in [2.75, 3.05) is 12.3 Å². The summed E-state index contributed by atoms with van der Waals surface area (Å²) in [5.41, 5.74) is 14.5. The monoisotopic (exact) mass is 731 g/mol. The van der Waals surface area contributed by atoms with Gasteiger partial charge in [-0.05, 0) is 83.9 Å². The van der Waals surface area contributed by atoms with Crippen molar-refractivity contribution >= 4 is 77.7 Å². The Morgan fingerprint density at radius 3 is 2.08 bits per heavy atom. The van der Waals surface area contributed by atoms with Crippen molar-refractivity contribution in [2.24, 2.45) is 21.2 Å². The largest absolute Gasteiger partial charge is 0.455 e. The fourth-order valence-corrected chi connectivity index (χ4v) is 7.19. The van der Waals surface area contributed by atoms with Crippen LogP contribution in [0.15, 0.2) is 119 Å². The van der Waals surface area contributed by atoms with Gasteiger partial charge in [0.05, 0.1) is 31.5 Å². The molecule has 1 aliphatic rings. The predicted octanol–water partition coefficient (Wildman–Crippen LogP) is 9.55. The number of hydrogen-bond donors (Lipinski definition) is 2. The minimum atomic E-state index is -0.437. The van der Waals surface area contributed by atoms with Crippen LogP contribution in [0.2, 0.25) is 5.02 Å². The highest BCUT2D eigenvalue weighted by molar-refractivity contribution is 7.21. The summed E-state index contributed by atoms with van der Waals surface area (Å²) in [6.07, 6.45) is 5.09. The highest BCUT2D eigenvalue weighted by atomic mass is 35.5. The maximum atomic E-state index is 11.5. The lowest BCUT2D eigenvalue weighted by Gasteiger charge is -2.08. The van der Waals surface area contributed by atoms with Crippen molar-refractivity contribution in [3.8, 4) is 34.1 Å². The Balaban J connectivity index is 0.000000170. The maximum absolute atomic E-state index is 11.5. The summed E-state index contributed by atoms with van der Waals surface area (Å²) in [6.45, 7) is 2.02. The number of carbonyl (C=O) groups is 2. The minimum Gasteiger partial charge on any atom is -0.455 e. The van der Waals surface area contributed by atoms with Crippen LogP contribution in [-0.4, -0.2) is 33.9 Å². The number of aromatic nitrogens is 2. The van der Waals surface area contributed by atoms with E-state index in [-0.39, 0.29) is 5.78 Å². The molecule has 4 aromatic heterocycles. The number of ketones is 1. The van der Waals surface area contributed by atoms with Gasteiger partial charge in [0.15, 0.2) is 17.3 Å². The molecule has 8 rings (SSSR count). The van der Waals surface area contributed by atoms with Crippen molar-refractivity contribution < 1.29 is 19.1 Å². The summed E-state index contributed by atoms with van der Waals surface area (Å²) in [6, 6.07) is 25.8. The smallest absolute Gasteiger partial charge is 0.248 e. The maximum Gasteiger partial charge on any atom is 0.248 e. The Morgan fingerprint density at radius 2 is 1.45 bits per heavy atom. The van der Waals surface area contributed by atoms with Gasteiger partial charge in [0.1, 0.15) is 29.6 Å². The first-order valence-electron chi connectivity index (χ1n) is 15.3. The van der Waals surface area contributed by atoms with Crippen LogP contribution in [0.5, 0.6) is 23.0 Å². The van der Waals surface area contributed by atoms with Gasteiger partial charge in [-0.1, -0.05) is 35.9 Å². The molecular formula is C37H26ClN7O4S2. The molecule has 1 aliphatic heterocycles. The van der Waals surface area contributed by atoms with Gasteiger partial charge in [0, 0.05) is 27.6 Å². The molecule has 0 fully saturated rings. The Kier molecular flexibility index (Phi) is 9.49. The minimum absolute atomic E-state index is 0.00644. The first-order chi connectivity index (χ1) is 24.7. The third-order valence-corrected chi connectivity index (χ3v) is 10.3. The molecule has 1 amide bonds. The van der Waals surface area contributed by atoms with Gasteiger partial charge in [-0.2, -0.15) is 5.11 Å². The molecule has 0 spiro atoms. The van der Waals surface area contributed by atoms with Crippen LogP contribution < -0.4 is 20.9 Å². The van der Waals surface area contributed by atoms with E-state index in [0.717, 1.165) is 41.9 Å². The van der Waals surface area contributed by atoms with Gasteiger partial charge in [0.2, 0.25) is 5.91 Å². The second kappa shape index (κ2) is 14.5. The molecule has 0 saturated carbocycles.